The Bertz CT molecular complexity index is 1550. The van der Waals surface area contributed by atoms with Crippen LogP contribution in [-0.4, -0.2) is 17.8 Å². The molecule has 3 heterocycles. The van der Waals surface area contributed by atoms with Crippen molar-refractivity contribution in [3.63, 3.8) is 0 Å². The Hall–Kier alpha value is -3.31. The lowest BCUT2D eigenvalue weighted by Crippen LogP contribution is -3.00. The molecule has 5 aromatic rings. The van der Waals surface area contributed by atoms with Gasteiger partial charge in [-0.2, -0.15) is 0 Å². The zero-order valence-corrected chi connectivity index (χ0v) is 21.3. The van der Waals surface area contributed by atoms with Crippen molar-refractivity contribution in [1.82, 2.24) is 4.57 Å². The van der Waals surface area contributed by atoms with E-state index in [-0.39, 0.29) is 17.0 Å². The van der Waals surface area contributed by atoms with Gasteiger partial charge in [-0.1, -0.05) is 48.5 Å². The predicted molar refractivity (Wildman–Crippen MR) is 134 cm³/mol. The molecule has 176 valence electrons. The van der Waals surface area contributed by atoms with Gasteiger partial charge >= 0.3 is 0 Å². The molecule has 1 aromatic heterocycles. The summed E-state index contributed by atoms with van der Waals surface area (Å²) >= 11 is 0. The first kappa shape index (κ1) is 22.2. The molecule has 0 radical (unpaired) electrons. The largest absolute Gasteiger partial charge is 1.00 e. The molecule has 35 heavy (non-hydrogen) atoms. The normalized spacial score (nSPS) is 13.9. The average Bonchev–Trinajstić information content (AvgIpc) is 3.59. The van der Waals surface area contributed by atoms with E-state index in [1.165, 1.54) is 49.9 Å². The van der Waals surface area contributed by atoms with Crippen LogP contribution in [0.25, 0.3) is 21.8 Å². The van der Waals surface area contributed by atoms with E-state index in [9.17, 15) is 0 Å². The predicted octanol–water partition coefficient (Wildman–Crippen LogP) is 2.36. The number of aromatic nitrogens is 2. The lowest BCUT2D eigenvalue weighted by Gasteiger charge is -2.12. The van der Waals surface area contributed by atoms with Gasteiger partial charge in [0.2, 0.25) is 0 Å². The molecular weight excluding hydrogens is 500 g/mol. The van der Waals surface area contributed by atoms with Gasteiger partial charge in [-0.3, -0.25) is 0 Å². The molecule has 4 nitrogen and oxygen atoms in total. The van der Waals surface area contributed by atoms with Crippen LogP contribution in [0.3, 0.4) is 0 Å². The van der Waals surface area contributed by atoms with E-state index in [4.69, 9.17) is 9.47 Å². The number of halogens is 1. The maximum Gasteiger partial charge on any atom is 0.254 e. The van der Waals surface area contributed by atoms with Crippen molar-refractivity contribution in [3.8, 4) is 11.5 Å². The molecule has 2 aliphatic heterocycles. The molecule has 0 unspecified atom stereocenters. The molecule has 0 amide bonds. The zero-order valence-electron chi connectivity index (χ0n) is 19.8. The molecule has 0 atom stereocenters. The van der Waals surface area contributed by atoms with E-state index in [0.29, 0.717) is 0 Å². The first-order valence-corrected chi connectivity index (χ1v) is 12.1. The van der Waals surface area contributed by atoms with Crippen molar-refractivity contribution in [1.29, 1.82) is 0 Å². The van der Waals surface area contributed by atoms with Gasteiger partial charge in [-0.05, 0) is 40.6 Å². The number of hydrogen-bond donors (Lipinski definition) is 0. The molecule has 2 aliphatic rings. The summed E-state index contributed by atoms with van der Waals surface area (Å²) < 4.78 is 17.0. The molecule has 7 rings (SSSR count). The van der Waals surface area contributed by atoms with Crippen molar-refractivity contribution >= 4 is 21.8 Å². The monoisotopic (exact) mass is 526 g/mol. The molecular formula is C30H27BrN2O2. The van der Waals surface area contributed by atoms with Gasteiger partial charge in [0, 0.05) is 36.5 Å². The fraction of sp³-hybridized carbons (Fsp3) is 0.233. The fourth-order valence-electron chi connectivity index (χ4n) is 5.74. The maximum absolute atomic E-state index is 6.15. The standard InChI is InChI=1S/C30H27N2O2.BrH/c1-20-31(18-21-10-11-22-6-2-3-7-23(22)16-21)27-8-4-5-9-28(27)32(20)19-26-25-13-15-33-29(25)17-24-12-14-34-30(24)26;/h2-11,16-17H,12-15,18-19H2,1H3;1H/q+1;/p-1. The van der Waals surface area contributed by atoms with Crippen LogP contribution in [0.15, 0.2) is 72.8 Å². The van der Waals surface area contributed by atoms with Gasteiger partial charge in [0.05, 0.1) is 13.2 Å². The fourth-order valence-corrected chi connectivity index (χ4v) is 5.74. The first-order valence-electron chi connectivity index (χ1n) is 12.1. The van der Waals surface area contributed by atoms with E-state index < -0.39 is 0 Å². The quantitative estimate of drug-likeness (QED) is 0.336. The minimum absolute atomic E-state index is 0. The van der Waals surface area contributed by atoms with E-state index >= 15 is 0 Å². The Balaban J connectivity index is 0.00000229. The number of para-hydroxylation sites is 2. The number of nitrogens with zero attached hydrogens (tertiary/aromatic N) is 2. The summed E-state index contributed by atoms with van der Waals surface area (Å²) in [6.07, 6.45) is 1.92. The van der Waals surface area contributed by atoms with Crippen LogP contribution >= 0.6 is 0 Å². The second-order valence-corrected chi connectivity index (χ2v) is 9.41. The molecule has 0 spiro atoms. The van der Waals surface area contributed by atoms with E-state index in [0.717, 1.165) is 50.6 Å². The SMILES string of the molecule is Cc1n(Cc2c3c(cc4c2OCC4)OCC3)c2ccccc2[n+]1Cc1ccc2ccccc2c1.[Br-]. The highest BCUT2D eigenvalue weighted by Crippen LogP contribution is 2.41. The zero-order chi connectivity index (χ0) is 22.6. The summed E-state index contributed by atoms with van der Waals surface area (Å²) in [4.78, 5) is 0. The number of benzene rings is 4. The Kier molecular flexibility index (Phi) is 5.53. The van der Waals surface area contributed by atoms with Crippen molar-refractivity contribution in [2.75, 3.05) is 13.2 Å². The molecule has 0 fully saturated rings. The summed E-state index contributed by atoms with van der Waals surface area (Å²) in [5.74, 6) is 3.39. The van der Waals surface area contributed by atoms with E-state index in [1.807, 2.05) is 0 Å². The Morgan fingerprint density at radius 3 is 2.57 bits per heavy atom. The number of ether oxygens (including phenoxy) is 2. The first-order chi connectivity index (χ1) is 16.8. The van der Waals surface area contributed by atoms with Crippen LogP contribution in [0.5, 0.6) is 11.5 Å². The third kappa shape index (κ3) is 3.61. The van der Waals surface area contributed by atoms with Gasteiger partial charge in [-0.25, -0.2) is 9.13 Å². The summed E-state index contributed by atoms with van der Waals surface area (Å²) in [6.45, 7) is 5.40. The van der Waals surface area contributed by atoms with Crippen molar-refractivity contribution in [3.05, 3.63) is 101 Å². The minimum Gasteiger partial charge on any atom is -1.00 e. The second-order valence-electron chi connectivity index (χ2n) is 9.41. The van der Waals surface area contributed by atoms with Crippen LogP contribution in [0.4, 0.5) is 0 Å². The van der Waals surface area contributed by atoms with Crippen LogP contribution in [0.1, 0.15) is 28.1 Å². The molecule has 5 heteroatoms. The van der Waals surface area contributed by atoms with Gasteiger partial charge < -0.3 is 26.5 Å². The van der Waals surface area contributed by atoms with Crippen LogP contribution < -0.4 is 31.0 Å². The Morgan fingerprint density at radius 2 is 1.66 bits per heavy atom. The Morgan fingerprint density at radius 1 is 0.857 bits per heavy atom. The third-order valence-electron chi connectivity index (χ3n) is 7.48. The topological polar surface area (TPSA) is 27.3 Å². The number of rotatable bonds is 4. The van der Waals surface area contributed by atoms with E-state index in [1.54, 1.807) is 0 Å². The summed E-state index contributed by atoms with van der Waals surface area (Å²) in [7, 11) is 0. The third-order valence-corrected chi connectivity index (χ3v) is 7.48. The van der Waals surface area contributed by atoms with Crippen molar-refractivity contribution < 1.29 is 31.0 Å². The van der Waals surface area contributed by atoms with Gasteiger partial charge in [-0.15, -0.1) is 0 Å². The van der Waals surface area contributed by atoms with Crippen molar-refractivity contribution in [2.24, 2.45) is 0 Å². The molecule has 0 saturated heterocycles. The summed E-state index contributed by atoms with van der Waals surface area (Å²) in [5.41, 5.74) is 7.73. The van der Waals surface area contributed by atoms with Crippen LogP contribution in [0, 0.1) is 6.92 Å². The average molecular weight is 527 g/mol. The molecule has 0 aliphatic carbocycles. The van der Waals surface area contributed by atoms with Crippen molar-refractivity contribution in [2.45, 2.75) is 32.9 Å². The number of fused-ring (bicyclic) bond motifs is 4. The highest BCUT2D eigenvalue weighted by atomic mass is 79.9. The lowest BCUT2D eigenvalue weighted by atomic mass is 9.99. The van der Waals surface area contributed by atoms with Crippen LogP contribution in [0.2, 0.25) is 0 Å². The molecule has 0 bridgehead atoms. The number of hydrogen-bond acceptors (Lipinski definition) is 2. The molecule has 0 saturated carbocycles. The van der Waals surface area contributed by atoms with Gasteiger partial charge in [0.25, 0.3) is 5.82 Å². The van der Waals surface area contributed by atoms with Crippen LogP contribution in [-0.2, 0) is 25.9 Å². The lowest BCUT2D eigenvalue weighted by molar-refractivity contribution is -0.669. The molecule has 4 aromatic carbocycles. The Labute approximate surface area is 215 Å². The van der Waals surface area contributed by atoms with Gasteiger partial charge in [0.15, 0.2) is 11.0 Å². The second kappa shape index (κ2) is 8.72. The summed E-state index contributed by atoms with van der Waals surface area (Å²) in [5, 5.41) is 2.57. The highest BCUT2D eigenvalue weighted by Gasteiger charge is 2.30. The highest BCUT2D eigenvalue weighted by molar-refractivity contribution is 5.83. The van der Waals surface area contributed by atoms with Gasteiger partial charge in [0.1, 0.15) is 24.6 Å². The maximum atomic E-state index is 6.15. The number of imidazole rings is 1. The smallest absolute Gasteiger partial charge is 0.254 e. The minimum atomic E-state index is 0. The van der Waals surface area contributed by atoms with E-state index in [2.05, 4.69) is 88.9 Å². The summed E-state index contributed by atoms with van der Waals surface area (Å²) in [6, 6.07) is 26.3. The molecule has 0 N–H and O–H groups in total.